The summed E-state index contributed by atoms with van der Waals surface area (Å²) in [6.45, 7) is 2.66. The lowest BCUT2D eigenvalue weighted by Crippen LogP contribution is -1.94. The Morgan fingerprint density at radius 3 is 2.85 bits per heavy atom. The summed E-state index contributed by atoms with van der Waals surface area (Å²) in [6.07, 6.45) is 7.74. The van der Waals surface area contributed by atoms with Gasteiger partial charge in [-0.15, -0.1) is 0 Å². The molecule has 0 saturated heterocycles. The summed E-state index contributed by atoms with van der Waals surface area (Å²) < 4.78 is 17.7. The zero-order chi connectivity index (χ0) is 19.1. The van der Waals surface area contributed by atoms with Gasteiger partial charge in [-0.2, -0.15) is 0 Å². The second-order valence-corrected chi connectivity index (χ2v) is 6.36. The zero-order valence-electron chi connectivity index (χ0n) is 15.1. The minimum atomic E-state index is -0.251. The summed E-state index contributed by atoms with van der Waals surface area (Å²) in [4.78, 5) is 7.41. The minimum Gasteiger partial charge on any atom is -0.494 e. The number of rotatable bonds is 5. The molecule has 2 aromatic carbocycles. The van der Waals surface area contributed by atoms with Crippen molar-refractivity contribution in [1.29, 1.82) is 0 Å². The van der Waals surface area contributed by atoms with Gasteiger partial charge in [0.2, 0.25) is 0 Å². The highest BCUT2D eigenvalue weighted by molar-refractivity contribution is 7.79. The Morgan fingerprint density at radius 1 is 1.26 bits per heavy atom. The molecule has 2 heterocycles. The molecule has 0 atom stereocenters. The summed E-state index contributed by atoms with van der Waals surface area (Å²) >= 11 is 4.96. The maximum atomic E-state index is 12.5. The van der Waals surface area contributed by atoms with E-state index in [-0.39, 0.29) is 5.82 Å². The fraction of sp³-hybridized carbons (Fsp3) is 0.182. The van der Waals surface area contributed by atoms with E-state index in [1.165, 1.54) is 28.7 Å². The van der Waals surface area contributed by atoms with Crippen LogP contribution in [0.2, 0.25) is 0 Å². The molecular weight excluding hydrogens is 359 g/mol. The number of fused-ring (bicyclic) bond motifs is 1. The highest BCUT2D eigenvalue weighted by Gasteiger charge is 2.10. The molecule has 0 amide bonds. The van der Waals surface area contributed by atoms with Crippen molar-refractivity contribution < 1.29 is 9.13 Å². The lowest BCUT2D eigenvalue weighted by atomic mass is 10.0. The Hall–Kier alpha value is -2.79. The molecule has 1 aromatic heterocycles. The van der Waals surface area contributed by atoms with E-state index < -0.39 is 0 Å². The van der Waals surface area contributed by atoms with Gasteiger partial charge in [0.15, 0.2) is 0 Å². The van der Waals surface area contributed by atoms with Crippen LogP contribution in [0.4, 0.5) is 4.39 Å². The maximum Gasteiger partial charge on any atom is 0.126 e. The normalized spacial score (nSPS) is 12.4. The molecule has 0 unspecified atom stereocenters. The van der Waals surface area contributed by atoms with Crippen LogP contribution in [0.25, 0.3) is 16.5 Å². The molecule has 27 heavy (non-hydrogen) atoms. The maximum absolute atomic E-state index is 12.5. The van der Waals surface area contributed by atoms with Gasteiger partial charge in [-0.3, -0.25) is 4.99 Å². The van der Waals surface area contributed by atoms with Gasteiger partial charge in [-0.25, -0.2) is 4.39 Å². The van der Waals surface area contributed by atoms with E-state index in [0.29, 0.717) is 12.4 Å². The number of ether oxygens (including phenoxy) is 1. The number of H-pyrrole nitrogens is 1. The van der Waals surface area contributed by atoms with Crippen LogP contribution in [0.15, 0.2) is 59.9 Å². The highest BCUT2D eigenvalue weighted by atomic mass is 32.1. The van der Waals surface area contributed by atoms with Crippen molar-refractivity contribution in [3.63, 3.8) is 0 Å². The molecule has 3 nitrogen and oxygen atoms in total. The molecule has 0 spiro atoms. The lowest BCUT2D eigenvalue weighted by Gasteiger charge is -2.02. The number of aromatic amines is 1. The Labute approximate surface area is 163 Å². The number of aromatic nitrogens is 1. The third-order valence-corrected chi connectivity index (χ3v) is 4.38. The number of hydrogen-bond acceptors (Lipinski definition) is 3. The van der Waals surface area contributed by atoms with Crippen LogP contribution in [0.3, 0.4) is 0 Å². The molecule has 1 N–H and O–H groups in total. The number of benzene rings is 2. The van der Waals surface area contributed by atoms with Crippen LogP contribution < -0.4 is 4.74 Å². The predicted molar refractivity (Wildman–Crippen MR) is 114 cm³/mol. The molecule has 0 fully saturated rings. The smallest absolute Gasteiger partial charge is 0.126 e. The molecule has 5 heteroatoms. The van der Waals surface area contributed by atoms with Crippen LogP contribution in [-0.2, 0) is 0 Å². The fourth-order valence-electron chi connectivity index (χ4n) is 2.78. The first-order chi connectivity index (χ1) is 13.2. The fourth-order valence-corrected chi connectivity index (χ4v) is 2.93. The second-order valence-electron chi connectivity index (χ2n) is 6.12. The van der Waals surface area contributed by atoms with E-state index in [2.05, 4.69) is 22.1 Å². The van der Waals surface area contributed by atoms with Crippen molar-refractivity contribution in [2.45, 2.75) is 19.8 Å². The average molecular weight is 380 g/mol. The predicted octanol–water partition coefficient (Wildman–Crippen LogP) is 5.95. The Balaban J connectivity index is 0.000000168. The Kier molecular flexibility index (Phi) is 6.49. The van der Waals surface area contributed by atoms with Crippen molar-refractivity contribution in [2.24, 2.45) is 4.99 Å². The van der Waals surface area contributed by atoms with E-state index in [9.17, 15) is 4.39 Å². The number of thiocarbonyl (C=S) groups is 1. The first-order valence-corrected chi connectivity index (χ1v) is 9.34. The van der Waals surface area contributed by atoms with Gasteiger partial charge in [-0.05, 0) is 41.8 Å². The summed E-state index contributed by atoms with van der Waals surface area (Å²) in [5.41, 5.74) is 4.70. The molecule has 3 aromatic rings. The largest absolute Gasteiger partial charge is 0.494 e. The molecule has 4 rings (SSSR count). The number of aliphatic imine (C=N–C) groups is 1. The van der Waals surface area contributed by atoms with Gasteiger partial charge in [0, 0.05) is 52.9 Å². The number of halogens is 1. The molecule has 1 aliphatic rings. The lowest BCUT2D eigenvalue weighted by molar-refractivity contribution is 0.316. The number of nitrogens with one attached hydrogen (secondary N) is 1. The zero-order valence-corrected chi connectivity index (χ0v) is 15.9. The van der Waals surface area contributed by atoms with Crippen molar-refractivity contribution in [1.82, 2.24) is 4.98 Å². The summed E-state index contributed by atoms with van der Waals surface area (Å²) in [5.74, 6) is 0.352. The van der Waals surface area contributed by atoms with Crippen LogP contribution in [0, 0.1) is 5.82 Å². The summed E-state index contributed by atoms with van der Waals surface area (Å²) in [6, 6.07) is 12.4. The topological polar surface area (TPSA) is 37.4 Å². The average Bonchev–Trinajstić information content (AvgIpc) is 3.35. The van der Waals surface area contributed by atoms with Crippen molar-refractivity contribution in [2.75, 3.05) is 6.61 Å². The Bertz CT molecular complexity index is 991. The standard InChI is InChI=1S/C13H10N2S.C9H11FO/c16-8-9-1-2-13-11(5-9)12(7-15-13)10-3-4-14-6-10;1-2-6-11-9-5-3-4-8(10)7-9/h1-2,4-8,15H,3H2;3-5,7H,2,6H2,1H3. The van der Waals surface area contributed by atoms with Crippen LogP contribution in [0.1, 0.15) is 30.9 Å². The van der Waals surface area contributed by atoms with Crippen molar-refractivity contribution >= 4 is 40.3 Å². The van der Waals surface area contributed by atoms with Gasteiger partial charge in [0.05, 0.1) is 6.61 Å². The molecule has 0 radical (unpaired) electrons. The molecule has 0 aliphatic carbocycles. The van der Waals surface area contributed by atoms with E-state index >= 15 is 0 Å². The van der Waals surface area contributed by atoms with E-state index in [1.807, 2.05) is 31.6 Å². The molecule has 0 saturated carbocycles. The van der Waals surface area contributed by atoms with Gasteiger partial charge in [0.25, 0.3) is 0 Å². The molecule has 138 valence electrons. The first kappa shape index (κ1) is 19.0. The Morgan fingerprint density at radius 2 is 2.15 bits per heavy atom. The quantitative estimate of drug-likeness (QED) is 0.556. The third kappa shape index (κ3) is 4.89. The SMILES string of the molecule is CCCOc1cccc(F)c1.S=Cc1ccc2[nH]cc(C3=CN=CC3)c2c1. The number of nitrogens with zero attached hydrogens (tertiary/aromatic N) is 1. The third-order valence-electron chi connectivity index (χ3n) is 4.10. The minimum absolute atomic E-state index is 0.251. The molecular formula is C22H21FN2OS. The van der Waals surface area contributed by atoms with Crippen molar-refractivity contribution in [3.8, 4) is 5.75 Å². The number of hydrogen-bond donors (Lipinski definition) is 1. The van der Waals surface area contributed by atoms with Crippen LogP contribution >= 0.6 is 12.2 Å². The van der Waals surface area contributed by atoms with Gasteiger partial charge < -0.3 is 9.72 Å². The monoisotopic (exact) mass is 380 g/mol. The first-order valence-electron chi connectivity index (χ1n) is 8.87. The highest BCUT2D eigenvalue weighted by Crippen LogP contribution is 2.29. The van der Waals surface area contributed by atoms with Crippen molar-refractivity contribution in [3.05, 3.63) is 71.8 Å². The van der Waals surface area contributed by atoms with Gasteiger partial charge >= 0.3 is 0 Å². The second kappa shape index (κ2) is 9.24. The van der Waals surface area contributed by atoms with E-state index in [0.717, 1.165) is 23.9 Å². The van der Waals surface area contributed by atoms with Gasteiger partial charge in [0.1, 0.15) is 11.6 Å². The summed E-state index contributed by atoms with van der Waals surface area (Å²) in [7, 11) is 0. The van der Waals surface area contributed by atoms with Crippen LogP contribution in [-0.4, -0.2) is 23.2 Å². The van der Waals surface area contributed by atoms with E-state index in [4.69, 9.17) is 17.0 Å². The molecule has 1 aliphatic heterocycles. The van der Waals surface area contributed by atoms with Crippen LogP contribution in [0.5, 0.6) is 5.75 Å². The number of allylic oxidation sites excluding steroid dienone is 1. The van der Waals surface area contributed by atoms with E-state index in [1.54, 1.807) is 17.5 Å². The molecule has 0 bridgehead atoms. The van der Waals surface area contributed by atoms with Gasteiger partial charge in [-0.1, -0.05) is 31.3 Å². The summed E-state index contributed by atoms with van der Waals surface area (Å²) in [5, 5.41) is 2.92.